The normalized spacial score (nSPS) is 17.6. The molecular weight excluding hydrogens is 360 g/mol. The molecule has 1 aliphatic rings. The summed E-state index contributed by atoms with van der Waals surface area (Å²) >= 11 is 0. The minimum absolute atomic E-state index is 0.0913. The molecule has 0 aromatic carbocycles. The average Bonchev–Trinajstić information content (AvgIpc) is 3.13. The zero-order valence-corrected chi connectivity index (χ0v) is 16.5. The summed E-state index contributed by atoms with van der Waals surface area (Å²) < 4.78 is 5.26. The van der Waals surface area contributed by atoms with E-state index in [2.05, 4.69) is 39.2 Å². The third-order valence-electron chi connectivity index (χ3n) is 4.61. The van der Waals surface area contributed by atoms with Crippen LogP contribution in [0.4, 0.5) is 0 Å². The van der Waals surface area contributed by atoms with Crippen molar-refractivity contribution in [1.82, 2.24) is 30.2 Å². The number of carbonyl (C=O) groups is 2. The standard InChI is InChI=1S/C19H26N6O3/c1-13(2)11-25-9-8-21-19(27)15(25)10-17(26)24(3)12-16-22-18(23-28-16)14-4-6-20-7-5-14/h4-7,13,15H,8-12H2,1-3H3,(H,21,27). The monoisotopic (exact) mass is 386 g/mol. The number of aromatic nitrogens is 3. The minimum Gasteiger partial charge on any atom is -0.353 e. The summed E-state index contributed by atoms with van der Waals surface area (Å²) in [7, 11) is 1.67. The molecule has 3 rings (SSSR count). The number of pyridine rings is 1. The number of rotatable bonds is 7. The molecule has 1 aliphatic heterocycles. The van der Waals surface area contributed by atoms with Crippen molar-refractivity contribution in [2.75, 3.05) is 26.7 Å². The van der Waals surface area contributed by atoms with Crippen molar-refractivity contribution in [3.8, 4) is 11.4 Å². The Morgan fingerprint density at radius 2 is 2.14 bits per heavy atom. The van der Waals surface area contributed by atoms with E-state index in [1.54, 1.807) is 31.6 Å². The molecule has 0 aliphatic carbocycles. The first-order chi connectivity index (χ1) is 13.4. The van der Waals surface area contributed by atoms with Gasteiger partial charge in [-0.05, 0) is 18.1 Å². The van der Waals surface area contributed by atoms with Gasteiger partial charge in [0.2, 0.25) is 23.5 Å². The van der Waals surface area contributed by atoms with Crippen LogP contribution >= 0.6 is 0 Å². The maximum Gasteiger partial charge on any atom is 0.246 e. The third kappa shape index (κ3) is 4.92. The van der Waals surface area contributed by atoms with Gasteiger partial charge in [0.15, 0.2) is 0 Å². The highest BCUT2D eigenvalue weighted by atomic mass is 16.5. The van der Waals surface area contributed by atoms with Crippen molar-refractivity contribution in [3.63, 3.8) is 0 Å². The molecule has 0 radical (unpaired) electrons. The minimum atomic E-state index is -0.443. The molecule has 2 amide bonds. The summed E-state index contributed by atoms with van der Waals surface area (Å²) in [5.41, 5.74) is 0.794. The SMILES string of the molecule is CC(C)CN1CCNC(=O)C1CC(=O)N(C)Cc1nc(-c2ccncc2)no1. The Bertz CT molecular complexity index is 807. The highest BCUT2D eigenvalue weighted by Crippen LogP contribution is 2.16. The number of nitrogens with zero attached hydrogens (tertiary/aromatic N) is 5. The van der Waals surface area contributed by atoms with Crippen molar-refractivity contribution in [3.05, 3.63) is 30.4 Å². The first-order valence-corrected chi connectivity index (χ1v) is 9.42. The van der Waals surface area contributed by atoms with Crippen LogP contribution in [0.5, 0.6) is 0 Å². The van der Waals surface area contributed by atoms with E-state index in [1.165, 1.54) is 4.90 Å². The van der Waals surface area contributed by atoms with Crippen molar-refractivity contribution >= 4 is 11.8 Å². The molecule has 9 heteroatoms. The molecule has 28 heavy (non-hydrogen) atoms. The van der Waals surface area contributed by atoms with Crippen LogP contribution in [-0.2, 0) is 16.1 Å². The molecule has 2 aromatic rings. The van der Waals surface area contributed by atoms with Crippen LogP contribution in [0.3, 0.4) is 0 Å². The van der Waals surface area contributed by atoms with E-state index in [4.69, 9.17) is 4.52 Å². The summed E-state index contributed by atoms with van der Waals surface area (Å²) in [6.07, 6.45) is 3.43. The third-order valence-corrected chi connectivity index (χ3v) is 4.61. The van der Waals surface area contributed by atoms with Gasteiger partial charge in [-0.1, -0.05) is 19.0 Å². The van der Waals surface area contributed by atoms with E-state index in [0.717, 1.165) is 18.7 Å². The Hall–Kier alpha value is -2.81. The number of amides is 2. The predicted molar refractivity (Wildman–Crippen MR) is 102 cm³/mol. The van der Waals surface area contributed by atoms with Gasteiger partial charge in [-0.3, -0.25) is 19.5 Å². The second kappa shape index (κ2) is 8.92. The summed E-state index contributed by atoms with van der Waals surface area (Å²) in [5, 5.41) is 6.80. The van der Waals surface area contributed by atoms with Gasteiger partial charge in [0, 0.05) is 44.6 Å². The maximum atomic E-state index is 12.7. The molecular formula is C19H26N6O3. The maximum absolute atomic E-state index is 12.7. The van der Waals surface area contributed by atoms with Gasteiger partial charge in [0.05, 0.1) is 19.0 Å². The van der Waals surface area contributed by atoms with Crippen molar-refractivity contribution in [2.24, 2.45) is 5.92 Å². The number of piperazine rings is 1. The Morgan fingerprint density at radius 1 is 1.39 bits per heavy atom. The quantitative estimate of drug-likeness (QED) is 0.755. The summed E-state index contributed by atoms with van der Waals surface area (Å²) in [6.45, 7) is 6.56. The summed E-state index contributed by atoms with van der Waals surface area (Å²) in [5.74, 6) is 0.986. The van der Waals surface area contributed by atoms with E-state index in [9.17, 15) is 9.59 Å². The van der Waals surface area contributed by atoms with Crippen LogP contribution in [0.1, 0.15) is 26.2 Å². The van der Waals surface area contributed by atoms with E-state index in [0.29, 0.717) is 24.2 Å². The molecule has 0 saturated carbocycles. The van der Waals surface area contributed by atoms with Gasteiger partial charge in [0.25, 0.3) is 0 Å². The predicted octanol–water partition coefficient (Wildman–Crippen LogP) is 0.937. The van der Waals surface area contributed by atoms with Crippen LogP contribution in [0, 0.1) is 5.92 Å². The molecule has 1 fully saturated rings. The zero-order chi connectivity index (χ0) is 20.1. The first kappa shape index (κ1) is 19.9. The van der Waals surface area contributed by atoms with Gasteiger partial charge in [-0.2, -0.15) is 4.98 Å². The van der Waals surface area contributed by atoms with Crippen LogP contribution in [-0.4, -0.2) is 69.5 Å². The zero-order valence-electron chi connectivity index (χ0n) is 16.5. The second-order valence-corrected chi connectivity index (χ2v) is 7.40. The largest absolute Gasteiger partial charge is 0.353 e. The lowest BCUT2D eigenvalue weighted by Crippen LogP contribution is -2.57. The Kier molecular flexibility index (Phi) is 6.35. The Balaban J connectivity index is 1.61. The van der Waals surface area contributed by atoms with E-state index >= 15 is 0 Å². The number of carbonyl (C=O) groups excluding carboxylic acids is 2. The van der Waals surface area contributed by atoms with Crippen LogP contribution in [0.25, 0.3) is 11.4 Å². The number of hydrogen-bond donors (Lipinski definition) is 1. The van der Waals surface area contributed by atoms with Crippen molar-refractivity contribution in [2.45, 2.75) is 32.9 Å². The molecule has 1 saturated heterocycles. The molecule has 3 heterocycles. The van der Waals surface area contributed by atoms with Gasteiger partial charge in [-0.25, -0.2) is 0 Å². The van der Waals surface area contributed by atoms with E-state index in [1.807, 2.05) is 0 Å². The number of nitrogens with one attached hydrogen (secondary N) is 1. The van der Waals surface area contributed by atoms with E-state index in [-0.39, 0.29) is 24.8 Å². The first-order valence-electron chi connectivity index (χ1n) is 9.42. The molecule has 1 atom stereocenters. The fraction of sp³-hybridized carbons (Fsp3) is 0.526. The van der Waals surface area contributed by atoms with Gasteiger partial charge < -0.3 is 14.7 Å². The highest BCUT2D eigenvalue weighted by Gasteiger charge is 2.32. The Morgan fingerprint density at radius 3 is 2.86 bits per heavy atom. The van der Waals surface area contributed by atoms with E-state index < -0.39 is 6.04 Å². The summed E-state index contributed by atoms with van der Waals surface area (Å²) in [4.78, 5) is 36.9. The Labute approximate surface area is 164 Å². The lowest BCUT2D eigenvalue weighted by atomic mass is 10.1. The van der Waals surface area contributed by atoms with Crippen LogP contribution in [0.15, 0.2) is 29.0 Å². The number of hydrogen-bond acceptors (Lipinski definition) is 7. The van der Waals surface area contributed by atoms with Gasteiger partial charge >= 0.3 is 0 Å². The fourth-order valence-electron chi connectivity index (χ4n) is 3.22. The smallest absolute Gasteiger partial charge is 0.246 e. The molecule has 0 bridgehead atoms. The molecule has 1 unspecified atom stereocenters. The molecule has 150 valence electrons. The topological polar surface area (TPSA) is 104 Å². The second-order valence-electron chi connectivity index (χ2n) is 7.40. The average molecular weight is 386 g/mol. The van der Waals surface area contributed by atoms with Gasteiger partial charge in [0.1, 0.15) is 0 Å². The fourth-order valence-corrected chi connectivity index (χ4v) is 3.22. The highest BCUT2D eigenvalue weighted by molar-refractivity contribution is 5.88. The lowest BCUT2D eigenvalue weighted by molar-refractivity contribution is -0.138. The van der Waals surface area contributed by atoms with Gasteiger partial charge in [-0.15, -0.1) is 0 Å². The summed E-state index contributed by atoms with van der Waals surface area (Å²) in [6, 6.07) is 3.13. The van der Waals surface area contributed by atoms with Crippen LogP contribution in [0.2, 0.25) is 0 Å². The van der Waals surface area contributed by atoms with Crippen molar-refractivity contribution in [1.29, 1.82) is 0 Å². The molecule has 2 aromatic heterocycles. The lowest BCUT2D eigenvalue weighted by Gasteiger charge is -2.36. The molecule has 9 nitrogen and oxygen atoms in total. The van der Waals surface area contributed by atoms with Crippen LogP contribution < -0.4 is 5.32 Å². The molecule has 0 spiro atoms. The van der Waals surface area contributed by atoms with Crippen molar-refractivity contribution < 1.29 is 14.1 Å². The molecule has 1 N–H and O–H groups in total.